The van der Waals surface area contributed by atoms with Gasteiger partial charge in [0.15, 0.2) is 0 Å². The van der Waals surface area contributed by atoms with Crippen LogP contribution in [-0.2, 0) is 4.74 Å². The van der Waals surface area contributed by atoms with Gasteiger partial charge >= 0.3 is 0 Å². The summed E-state index contributed by atoms with van der Waals surface area (Å²) >= 11 is 0. The van der Waals surface area contributed by atoms with Crippen molar-refractivity contribution in [3.63, 3.8) is 0 Å². The van der Waals surface area contributed by atoms with Crippen LogP contribution in [0.2, 0.25) is 0 Å². The third kappa shape index (κ3) is 3.80. The number of ether oxygens (including phenoxy) is 1. The molecule has 0 aliphatic carbocycles. The second kappa shape index (κ2) is 4.13. The highest BCUT2D eigenvalue weighted by atomic mass is 16.5. The lowest BCUT2D eigenvalue weighted by Gasteiger charge is -2.05. The van der Waals surface area contributed by atoms with Crippen LogP contribution >= 0.6 is 0 Å². The second-order valence-electron chi connectivity index (χ2n) is 1.40. The lowest BCUT2D eigenvalue weighted by Crippen LogP contribution is -2.05. The van der Waals surface area contributed by atoms with E-state index in [-0.39, 0.29) is 6.10 Å². The first-order valence-corrected chi connectivity index (χ1v) is 2.55. The van der Waals surface area contributed by atoms with Crippen molar-refractivity contribution < 1.29 is 4.74 Å². The molecule has 0 saturated heterocycles. The van der Waals surface area contributed by atoms with Gasteiger partial charge in [0, 0.05) is 6.61 Å². The van der Waals surface area contributed by atoms with Crippen LogP contribution in [0, 0.1) is 13.8 Å². The maximum absolute atomic E-state index is 4.97. The molecule has 0 fully saturated rings. The predicted octanol–water partition coefficient (Wildman–Crippen LogP) is 1.45. The number of rotatable bonds is 3. The molecule has 2 radical (unpaired) electrons. The summed E-state index contributed by atoms with van der Waals surface area (Å²) < 4.78 is 4.97. The summed E-state index contributed by atoms with van der Waals surface area (Å²) in [6.45, 7) is 9.76. The lowest BCUT2D eigenvalue weighted by molar-refractivity contribution is 0.103. The van der Waals surface area contributed by atoms with Crippen molar-refractivity contribution in [2.45, 2.75) is 19.4 Å². The van der Waals surface area contributed by atoms with Gasteiger partial charge in [0.1, 0.15) is 0 Å². The molecule has 0 saturated carbocycles. The average Bonchev–Trinajstić information content (AvgIpc) is 1.68. The minimum absolute atomic E-state index is 0.137. The summed E-state index contributed by atoms with van der Waals surface area (Å²) in [4.78, 5) is 0. The molecule has 1 unspecified atom stereocenters. The Hall–Kier alpha value is -0.0400. The molecule has 0 rings (SSSR count). The molecule has 1 atom stereocenters. The van der Waals surface area contributed by atoms with Crippen LogP contribution in [0.1, 0.15) is 13.3 Å². The Bertz CT molecular complexity index is 35.2. The first-order valence-electron chi connectivity index (χ1n) is 2.55. The van der Waals surface area contributed by atoms with Gasteiger partial charge in [-0.3, -0.25) is 0 Å². The fourth-order valence-electron chi connectivity index (χ4n) is 0.285. The standard InChI is InChI=1S/C6H12O/c1-4-6(3)7-5-2/h6H,2-5H2,1H3. The van der Waals surface area contributed by atoms with Crippen molar-refractivity contribution in [3.05, 3.63) is 13.8 Å². The van der Waals surface area contributed by atoms with Crippen LogP contribution in [0.4, 0.5) is 0 Å². The molecule has 0 N–H and O–H groups in total. The SMILES string of the molecule is [CH2]COC([CH2])CC. The Kier molecular flexibility index (Phi) is 4.10. The van der Waals surface area contributed by atoms with Crippen LogP contribution in [0.5, 0.6) is 0 Å². The zero-order valence-corrected chi connectivity index (χ0v) is 4.81. The second-order valence-corrected chi connectivity index (χ2v) is 1.40. The third-order valence-electron chi connectivity index (χ3n) is 0.809. The molecule has 0 amide bonds. The zero-order chi connectivity index (χ0) is 5.70. The van der Waals surface area contributed by atoms with E-state index >= 15 is 0 Å². The van der Waals surface area contributed by atoms with E-state index in [0.717, 1.165) is 6.42 Å². The Morgan fingerprint density at radius 2 is 2.29 bits per heavy atom. The minimum Gasteiger partial charge on any atom is -0.378 e. The molecule has 0 aromatic carbocycles. The van der Waals surface area contributed by atoms with Crippen molar-refractivity contribution in [1.82, 2.24) is 0 Å². The molecule has 0 aromatic heterocycles. The maximum Gasteiger partial charge on any atom is 0.0573 e. The van der Waals surface area contributed by atoms with Gasteiger partial charge in [-0.15, -0.1) is 0 Å². The molecule has 7 heavy (non-hydrogen) atoms. The Morgan fingerprint density at radius 3 is 2.43 bits per heavy atom. The van der Waals surface area contributed by atoms with Crippen LogP contribution in [0.25, 0.3) is 0 Å². The highest BCUT2D eigenvalue weighted by Crippen LogP contribution is 1.92. The van der Waals surface area contributed by atoms with Crippen LogP contribution in [-0.4, -0.2) is 12.7 Å². The van der Waals surface area contributed by atoms with Gasteiger partial charge in [-0.05, 0) is 20.3 Å². The van der Waals surface area contributed by atoms with Gasteiger partial charge in [-0.25, -0.2) is 0 Å². The van der Waals surface area contributed by atoms with Gasteiger partial charge < -0.3 is 4.74 Å². The number of hydrogen-bond donors (Lipinski definition) is 0. The van der Waals surface area contributed by atoms with E-state index in [1.54, 1.807) is 0 Å². The summed E-state index contributed by atoms with van der Waals surface area (Å²) in [6, 6.07) is 0. The molecule has 0 spiro atoms. The molecule has 0 aliphatic rings. The molecule has 0 heterocycles. The van der Waals surface area contributed by atoms with Gasteiger partial charge in [0.2, 0.25) is 0 Å². The van der Waals surface area contributed by atoms with E-state index in [0.29, 0.717) is 6.61 Å². The van der Waals surface area contributed by atoms with Crippen molar-refractivity contribution >= 4 is 0 Å². The molecule has 0 aliphatic heterocycles. The van der Waals surface area contributed by atoms with E-state index in [1.165, 1.54) is 0 Å². The van der Waals surface area contributed by atoms with Crippen LogP contribution in [0.3, 0.4) is 0 Å². The summed E-state index contributed by atoms with van der Waals surface area (Å²) in [5.74, 6) is 0. The zero-order valence-electron chi connectivity index (χ0n) is 4.81. The van der Waals surface area contributed by atoms with Gasteiger partial charge in [-0.1, -0.05) is 6.92 Å². The molecule has 0 bridgehead atoms. The topological polar surface area (TPSA) is 9.23 Å². The molecule has 1 nitrogen and oxygen atoms in total. The summed E-state index contributed by atoms with van der Waals surface area (Å²) in [6.07, 6.45) is 1.10. The van der Waals surface area contributed by atoms with Gasteiger partial charge in [0.05, 0.1) is 6.10 Å². The van der Waals surface area contributed by atoms with E-state index in [9.17, 15) is 0 Å². The van der Waals surface area contributed by atoms with E-state index < -0.39 is 0 Å². The fourth-order valence-corrected chi connectivity index (χ4v) is 0.285. The molecular weight excluding hydrogens is 88.1 g/mol. The Labute approximate surface area is 45.7 Å². The highest BCUT2D eigenvalue weighted by Gasteiger charge is 1.92. The monoisotopic (exact) mass is 100 g/mol. The molecular formula is C6H12O. The van der Waals surface area contributed by atoms with E-state index in [4.69, 9.17) is 4.74 Å². The average molecular weight is 100 g/mol. The summed E-state index contributed by atoms with van der Waals surface area (Å²) in [5, 5.41) is 0. The summed E-state index contributed by atoms with van der Waals surface area (Å²) in [7, 11) is 0. The first kappa shape index (κ1) is 6.96. The van der Waals surface area contributed by atoms with Crippen LogP contribution < -0.4 is 0 Å². The Morgan fingerprint density at radius 1 is 1.71 bits per heavy atom. The lowest BCUT2D eigenvalue weighted by atomic mass is 10.3. The quantitative estimate of drug-likeness (QED) is 0.521. The maximum atomic E-state index is 4.97. The molecule has 42 valence electrons. The largest absolute Gasteiger partial charge is 0.378 e. The number of hydrogen-bond acceptors (Lipinski definition) is 1. The van der Waals surface area contributed by atoms with Gasteiger partial charge in [-0.2, -0.15) is 0 Å². The van der Waals surface area contributed by atoms with Crippen molar-refractivity contribution in [2.75, 3.05) is 6.61 Å². The highest BCUT2D eigenvalue weighted by molar-refractivity contribution is 4.55. The Balaban J connectivity index is 2.83. The molecule has 1 heteroatoms. The van der Waals surface area contributed by atoms with Crippen molar-refractivity contribution in [2.24, 2.45) is 0 Å². The van der Waals surface area contributed by atoms with Crippen LogP contribution in [0.15, 0.2) is 0 Å². The first-order chi connectivity index (χ1) is 3.31. The van der Waals surface area contributed by atoms with Crippen molar-refractivity contribution in [3.8, 4) is 0 Å². The third-order valence-corrected chi connectivity index (χ3v) is 0.809. The molecule has 0 aromatic rings. The normalized spacial score (nSPS) is 14.1. The predicted molar refractivity (Wildman–Crippen MR) is 30.7 cm³/mol. The summed E-state index contributed by atoms with van der Waals surface area (Å²) in [5.41, 5.74) is 0. The van der Waals surface area contributed by atoms with E-state index in [2.05, 4.69) is 13.8 Å². The van der Waals surface area contributed by atoms with Gasteiger partial charge in [0.25, 0.3) is 0 Å². The smallest absolute Gasteiger partial charge is 0.0573 e. The van der Waals surface area contributed by atoms with E-state index in [1.807, 2.05) is 6.92 Å². The minimum atomic E-state index is 0.137. The van der Waals surface area contributed by atoms with Crippen molar-refractivity contribution in [1.29, 1.82) is 0 Å². The fraction of sp³-hybridized carbons (Fsp3) is 0.667.